The first-order valence-corrected chi connectivity index (χ1v) is 17.2. The van der Waals surface area contributed by atoms with Crippen LogP contribution >= 0.6 is 39.0 Å². The van der Waals surface area contributed by atoms with E-state index in [0.29, 0.717) is 33.4 Å². The van der Waals surface area contributed by atoms with Gasteiger partial charge >= 0.3 is 0 Å². The van der Waals surface area contributed by atoms with Crippen molar-refractivity contribution in [2.45, 2.75) is 17.1 Å². The Morgan fingerprint density at radius 1 is 0.896 bits per heavy atom. The van der Waals surface area contributed by atoms with Crippen LogP contribution in [0.25, 0.3) is 17.3 Å². The second-order valence-electron chi connectivity index (χ2n) is 10.3. The number of benzene rings is 4. The number of amides is 3. The molecule has 1 unspecified atom stereocenters. The third-order valence-corrected chi connectivity index (χ3v) is 9.33. The molecular weight excluding hydrogens is 712 g/mol. The maximum absolute atomic E-state index is 13.5. The largest absolute Gasteiger partial charge is 0.497 e. The smallest absolute Gasteiger partial charge is 0.272 e. The normalized spacial score (nSPS) is 11.7. The molecule has 1 aromatic heterocycles. The van der Waals surface area contributed by atoms with Crippen molar-refractivity contribution in [1.29, 1.82) is 0 Å². The SMILES string of the molecule is COc1ccc(OC)c(/C=C(\NC(=O)c2ccccc2)C(=O)Nc2ccc(SC(C)C(=O)Nc3nc(-c4ccc(Br)cc4)cs3)cc2)c1. The van der Waals surface area contributed by atoms with Gasteiger partial charge in [0.2, 0.25) is 5.91 Å². The topological polar surface area (TPSA) is 119 Å². The van der Waals surface area contributed by atoms with E-state index in [0.717, 1.165) is 20.6 Å². The second kappa shape index (κ2) is 16.3. The number of hydrogen-bond donors (Lipinski definition) is 3. The van der Waals surface area contributed by atoms with Crippen LogP contribution in [0.15, 0.2) is 118 Å². The summed E-state index contributed by atoms with van der Waals surface area (Å²) in [5.41, 5.74) is 3.20. The van der Waals surface area contributed by atoms with Crippen molar-refractivity contribution >= 4 is 73.6 Å². The Bertz CT molecular complexity index is 1930. The molecule has 4 aromatic carbocycles. The van der Waals surface area contributed by atoms with Crippen molar-refractivity contribution in [1.82, 2.24) is 10.3 Å². The lowest BCUT2D eigenvalue weighted by Crippen LogP contribution is -2.30. The fraction of sp³-hybridized carbons (Fsp3) is 0.111. The van der Waals surface area contributed by atoms with E-state index in [4.69, 9.17) is 9.47 Å². The minimum Gasteiger partial charge on any atom is -0.497 e. The van der Waals surface area contributed by atoms with E-state index < -0.39 is 17.1 Å². The van der Waals surface area contributed by atoms with Crippen LogP contribution in [0.3, 0.4) is 0 Å². The van der Waals surface area contributed by atoms with Gasteiger partial charge < -0.3 is 25.4 Å². The summed E-state index contributed by atoms with van der Waals surface area (Å²) < 4.78 is 11.8. The number of nitrogens with one attached hydrogen (secondary N) is 3. The average Bonchev–Trinajstić information content (AvgIpc) is 3.57. The molecule has 0 saturated carbocycles. The Labute approximate surface area is 294 Å². The molecule has 1 heterocycles. The van der Waals surface area contributed by atoms with Crippen LogP contribution in [0.2, 0.25) is 0 Å². The van der Waals surface area contributed by atoms with E-state index in [2.05, 4.69) is 36.9 Å². The number of thioether (sulfide) groups is 1. The van der Waals surface area contributed by atoms with Crippen LogP contribution in [0.5, 0.6) is 11.5 Å². The van der Waals surface area contributed by atoms with Gasteiger partial charge in [-0.25, -0.2) is 4.98 Å². The van der Waals surface area contributed by atoms with Crippen molar-refractivity contribution in [3.8, 4) is 22.8 Å². The van der Waals surface area contributed by atoms with Gasteiger partial charge in [-0.3, -0.25) is 14.4 Å². The summed E-state index contributed by atoms with van der Waals surface area (Å²) in [6, 6.07) is 28.7. The molecule has 3 N–H and O–H groups in total. The average molecular weight is 744 g/mol. The van der Waals surface area contributed by atoms with E-state index >= 15 is 0 Å². The molecule has 0 aliphatic carbocycles. The number of rotatable bonds is 12. The number of carbonyl (C=O) groups excluding carboxylic acids is 3. The van der Waals surface area contributed by atoms with E-state index in [1.54, 1.807) is 60.7 Å². The Morgan fingerprint density at radius 2 is 1.62 bits per heavy atom. The van der Waals surface area contributed by atoms with Gasteiger partial charge in [0.05, 0.1) is 25.2 Å². The van der Waals surface area contributed by atoms with Gasteiger partial charge in [-0.1, -0.05) is 46.3 Å². The Morgan fingerprint density at radius 3 is 2.31 bits per heavy atom. The number of methoxy groups -OCH3 is 2. The van der Waals surface area contributed by atoms with Crippen molar-refractivity contribution < 1.29 is 23.9 Å². The summed E-state index contributed by atoms with van der Waals surface area (Å²) in [4.78, 5) is 44.9. The Balaban J connectivity index is 1.25. The maximum atomic E-state index is 13.5. The molecule has 5 aromatic rings. The first-order chi connectivity index (χ1) is 23.2. The summed E-state index contributed by atoms with van der Waals surface area (Å²) in [7, 11) is 3.06. The number of carbonyl (C=O) groups is 3. The molecule has 1 atom stereocenters. The Kier molecular flexibility index (Phi) is 11.7. The summed E-state index contributed by atoms with van der Waals surface area (Å²) in [6.45, 7) is 1.82. The third-order valence-electron chi connectivity index (χ3n) is 6.93. The van der Waals surface area contributed by atoms with Crippen molar-refractivity contribution in [3.05, 3.63) is 124 Å². The van der Waals surface area contributed by atoms with Crippen LogP contribution < -0.4 is 25.4 Å². The van der Waals surface area contributed by atoms with Gasteiger partial charge in [0.1, 0.15) is 17.2 Å². The van der Waals surface area contributed by atoms with Crippen molar-refractivity contribution in [2.24, 2.45) is 0 Å². The number of nitrogens with zero attached hydrogens (tertiary/aromatic N) is 1. The molecule has 0 spiro atoms. The molecule has 244 valence electrons. The summed E-state index contributed by atoms with van der Waals surface area (Å²) in [5, 5.41) is 10.5. The fourth-order valence-electron chi connectivity index (χ4n) is 4.41. The van der Waals surface area contributed by atoms with E-state index in [9.17, 15) is 14.4 Å². The molecule has 9 nitrogen and oxygen atoms in total. The predicted octanol–water partition coefficient (Wildman–Crippen LogP) is 8.12. The number of anilines is 2. The molecule has 0 fully saturated rings. The molecule has 5 rings (SSSR count). The van der Waals surface area contributed by atoms with Crippen LogP contribution in [-0.4, -0.2) is 42.2 Å². The highest BCUT2D eigenvalue weighted by molar-refractivity contribution is 9.10. The number of hydrogen-bond acceptors (Lipinski definition) is 8. The lowest BCUT2D eigenvalue weighted by atomic mass is 10.1. The summed E-state index contributed by atoms with van der Waals surface area (Å²) >= 11 is 6.18. The molecule has 0 radical (unpaired) electrons. The molecule has 48 heavy (non-hydrogen) atoms. The zero-order chi connectivity index (χ0) is 34.0. The first kappa shape index (κ1) is 34.4. The van der Waals surface area contributed by atoms with Gasteiger partial charge in [-0.15, -0.1) is 23.1 Å². The Hall–Kier alpha value is -4.91. The van der Waals surface area contributed by atoms with Crippen molar-refractivity contribution in [2.75, 3.05) is 24.9 Å². The van der Waals surface area contributed by atoms with Gasteiger partial charge in [0, 0.05) is 37.1 Å². The minimum absolute atomic E-state index is 0.00429. The van der Waals surface area contributed by atoms with Crippen LogP contribution in [0, 0.1) is 0 Å². The number of aromatic nitrogens is 1. The van der Waals surface area contributed by atoms with E-state index in [1.807, 2.05) is 48.7 Å². The molecule has 0 aliphatic rings. The zero-order valence-electron chi connectivity index (χ0n) is 26.2. The quantitative estimate of drug-likeness (QED) is 0.0873. The second-order valence-corrected chi connectivity index (χ2v) is 13.4. The summed E-state index contributed by atoms with van der Waals surface area (Å²) in [6.07, 6.45) is 1.53. The fourth-order valence-corrected chi connectivity index (χ4v) is 6.27. The molecule has 3 amide bonds. The number of halogens is 1. The number of ether oxygens (including phenoxy) is 2. The molecule has 0 bridgehead atoms. The lowest BCUT2D eigenvalue weighted by Gasteiger charge is -2.14. The van der Waals surface area contributed by atoms with Crippen LogP contribution in [-0.2, 0) is 9.59 Å². The minimum atomic E-state index is -0.539. The zero-order valence-corrected chi connectivity index (χ0v) is 29.4. The molecule has 0 aliphatic heterocycles. The highest BCUT2D eigenvalue weighted by Gasteiger charge is 2.19. The standard InChI is InChI=1S/C36H31BrN4O5S2/c1-22(33(42)41-36-40-31(21-47-36)23-9-11-26(37)12-10-23)48-29-16-13-27(14-17-29)38-35(44)30(39-34(43)24-7-5-4-6-8-24)20-25-19-28(45-2)15-18-32(25)46-3/h4-22H,1-3H3,(H,38,44)(H,39,43)(H,40,41,42)/b30-20-. The van der Waals surface area contributed by atoms with Gasteiger partial charge in [0.25, 0.3) is 11.8 Å². The van der Waals surface area contributed by atoms with E-state index in [-0.39, 0.29) is 11.6 Å². The monoisotopic (exact) mass is 742 g/mol. The molecular formula is C36H31BrN4O5S2. The number of thiazole rings is 1. The summed E-state index contributed by atoms with van der Waals surface area (Å²) in [5.74, 6) is -0.104. The van der Waals surface area contributed by atoms with Gasteiger partial charge in [-0.05, 0) is 79.7 Å². The van der Waals surface area contributed by atoms with Gasteiger partial charge in [0.15, 0.2) is 5.13 Å². The van der Waals surface area contributed by atoms with Gasteiger partial charge in [-0.2, -0.15) is 0 Å². The molecule has 12 heteroatoms. The van der Waals surface area contributed by atoms with Crippen molar-refractivity contribution in [3.63, 3.8) is 0 Å². The van der Waals surface area contributed by atoms with Crippen LogP contribution in [0.4, 0.5) is 10.8 Å². The lowest BCUT2D eigenvalue weighted by molar-refractivity contribution is -0.115. The molecule has 0 saturated heterocycles. The highest BCUT2D eigenvalue weighted by Crippen LogP contribution is 2.30. The van der Waals surface area contributed by atoms with Crippen LogP contribution in [0.1, 0.15) is 22.8 Å². The van der Waals surface area contributed by atoms with E-state index in [1.165, 1.54) is 43.4 Å². The predicted molar refractivity (Wildman–Crippen MR) is 196 cm³/mol. The maximum Gasteiger partial charge on any atom is 0.272 e. The third kappa shape index (κ3) is 9.12. The first-order valence-electron chi connectivity index (χ1n) is 14.6. The highest BCUT2D eigenvalue weighted by atomic mass is 79.9.